The molecule has 2 atom stereocenters. The maximum atomic E-state index is 12.2. The third-order valence-electron chi connectivity index (χ3n) is 4.45. The molecule has 0 spiro atoms. The number of nitrogens with two attached hydrogens (primary N) is 1. The molecule has 0 aliphatic carbocycles. The van der Waals surface area contributed by atoms with Crippen LogP contribution in [0.3, 0.4) is 0 Å². The molecule has 0 radical (unpaired) electrons. The van der Waals surface area contributed by atoms with Gasteiger partial charge in [-0.2, -0.15) is 0 Å². The minimum atomic E-state index is -0.388. The van der Waals surface area contributed by atoms with Gasteiger partial charge in [0.2, 0.25) is 0 Å². The van der Waals surface area contributed by atoms with Crippen LogP contribution in [0.2, 0.25) is 0 Å². The van der Waals surface area contributed by atoms with E-state index >= 15 is 0 Å². The van der Waals surface area contributed by atoms with Gasteiger partial charge in [0, 0.05) is 6.04 Å². The Labute approximate surface area is 154 Å². The molecule has 2 unspecified atom stereocenters. The van der Waals surface area contributed by atoms with E-state index in [0.29, 0.717) is 18.4 Å². The average molecular weight is 355 g/mol. The van der Waals surface area contributed by atoms with Crippen molar-refractivity contribution < 1.29 is 19.1 Å². The summed E-state index contributed by atoms with van der Waals surface area (Å²) in [4.78, 5) is 23.7. The summed E-state index contributed by atoms with van der Waals surface area (Å²) in [6.45, 7) is 0. The zero-order valence-corrected chi connectivity index (χ0v) is 15.2. The number of esters is 2. The highest BCUT2D eigenvalue weighted by molar-refractivity contribution is 5.89. The van der Waals surface area contributed by atoms with Gasteiger partial charge in [0.05, 0.1) is 25.7 Å². The summed E-state index contributed by atoms with van der Waals surface area (Å²) in [6.07, 6.45) is 1.91. The number of hydrogen-bond acceptors (Lipinski definition) is 5. The van der Waals surface area contributed by atoms with Crippen LogP contribution in [0.25, 0.3) is 0 Å². The summed E-state index contributed by atoms with van der Waals surface area (Å²) in [5.41, 5.74) is 8.93. The van der Waals surface area contributed by atoms with Crippen LogP contribution < -0.4 is 5.73 Å². The van der Waals surface area contributed by atoms with Gasteiger partial charge in [-0.3, -0.25) is 4.79 Å². The number of benzene rings is 2. The standard InChI is InChI=1S/C21H25NO4/c1-25-20(23)17-11-8-16(9-12-17)14-19(22)18(21(24)26-2)13-10-15-6-4-3-5-7-15/h3-9,11-12,18-19H,10,13-14,22H2,1-2H3. The number of ether oxygens (including phenoxy) is 2. The quantitative estimate of drug-likeness (QED) is 0.737. The van der Waals surface area contributed by atoms with E-state index in [1.165, 1.54) is 14.2 Å². The lowest BCUT2D eigenvalue weighted by Crippen LogP contribution is -2.38. The highest BCUT2D eigenvalue weighted by Gasteiger charge is 2.26. The van der Waals surface area contributed by atoms with Gasteiger partial charge >= 0.3 is 11.9 Å². The molecule has 5 heteroatoms. The molecular formula is C21H25NO4. The van der Waals surface area contributed by atoms with Crippen LogP contribution in [0.1, 0.15) is 27.9 Å². The fourth-order valence-corrected chi connectivity index (χ4v) is 2.93. The van der Waals surface area contributed by atoms with Gasteiger partial charge in [0.15, 0.2) is 0 Å². The molecule has 0 amide bonds. The fourth-order valence-electron chi connectivity index (χ4n) is 2.93. The summed E-state index contributed by atoms with van der Waals surface area (Å²) in [7, 11) is 2.73. The lowest BCUT2D eigenvalue weighted by Gasteiger charge is -2.22. The van der Waals surface area contributed by atoms with Crippen molar-refractivity contribution in [2.24, 2.45) is 11.7 Å². The smallest absolute Gasteiger partial charge is 0.337 e. The van der Waals surface area contributed by atoms with Crippen LogP contribution in [-0.4, -0.2) is 32.2 Å². The van der Waals surface area contributed by atoms with Gasteiger partial charge in [-0.05, 0) is 42.5 Å². The van der Waals surface area contributed by atoms with E-state index in [-0.39, 0.29) is 23.9 Å². The first-order chi connectivity index (χ1) is 12.5. The number of aryl methyl sites for hydroxylation is 1. The summed E-state index contributed by atoms with van der Waals surface area (Å²) in [6, 6.07) is 16.7. The van der Waals surface area contributed by atoms with Gasteiger partial charge in [-0.25, -0.2) is 4.79 Å². The maximum Gasteiger partial charge on any atom is 0.337 e. The normalized spacial score (nSPS) is 12.9. The molecule has 0 saturated heterocycles. The Balaban J connectivity index is 2.02. The number of hydrogen-bond donors (Lipinski definition) is 1. The Kier molecular flexibility index (Phi) is 7.36. The molecule has 2 aromatic rings. The lowest BCUT2D eigenvalue weighted by molar-refractivity contribution is -0.146. The van der Waals surface area contributed by atoms with Crippen molar-refractivity contribution in [2.75, 3.05) is 14.2 Å². The second-order valence-electron chi connectivity index (χ2n) is 6.21. The first-order valence-corrected chi connectivity index (χ1v) is 8.59. The van der Waals surface area contributed by atoms with Gasteiger partial charge in [-0.1, -0.05) is 42.5 Å². The monoisotopic (exact) mass is 355 g/mol. The number of carbonyl (C=O) groups excluding carboxylic acids is 2. The molecule has 2 N–H and O–H groups in total. The Bertz CT molecular complexity index is 713. The third-order valence-corrected chi connectivity index (χ3v) is 4.45. The Morgan fingerprint density at radius 3 is 2.15 bits per heavy atom. The number of carbonyl (C=O) groups is 2. The van der Waals surface area contributed by atoms with Crippen LogP contribution >= 0.6 is 0 Å². The minimum absolute atomic E-state index is 0.292. The molecule has 5 nitrogen and oxygen atoms in total. The van der Waals surface area contributed by atoms with Crippen molar-refractivity contribution in [3.05, 3.63) is 71.3 Å². The molecule has 2 rings (SSSR count). The first kappa shape index (κ1) is 19.7. The van der Waals surface area contributed by atoms with E-state index in [4.69, 9.17) is 15.2 Å². The summed E-state index contributed by atoms with van der Waals surface area (Å²) in [5, 5.41) is 0. The topological polar surface area (TPSA) is 78.6 Å². The second kappa shape index (κ2) is 9.73. The molecule has 0 fully saturated rings. The predicted molar refractivity (Wildman–Crippen MR) is 99.7 cm³/mol. The van der Waals surface area contributed by atoms with Crippen LogP contribution in [0, 0.1) is 5.92 Å². The van der Waals surface area contributed by atoms with E-state index in [2.05, 4.69) is 0 Å². The Morgan fingerprint density at radius 1 is 0.923 bits per heavy atom. The van der Waals surface area contributed by atoms with Gasteiger partial charge in [0.25, 0.3) is 0 Å². The Morgan fingerprint density at radius 2 is 1.58 bits per heavy atom. The molecule has 0 aromatic heterocycles. The molecule has 26 heavy (non-hydrogen) atoms. The van der Waals surface area contributed by atoms with Crippen molar-refractivity contribution in [1.82, 2.24) is 0 Å². The highest BCUT2D eigenvalue weighted by Crippen LogP contribution is 2.18. The molecule has 2 aromatic carbocycles. The van der Waals surface area contributed by atoms with Crippen molar-refractivity contribution in [3.63, 3.8) is 0 Å². The predicted octanol–water partition coefficient (Wildman–Crippen LogP) is 2.77. The van der Waals surface area contributed by atoms with E-state index in [0.717, 1.165) is 17.5 Å². The largest absolute Gasteiger partial charge is 0.469 e. The molecule has 138 valence electrons. The van der Waals surface area contributed by atoms with E-state index in [1.54, 1.807) is 12.1 Å². The maximum absolute atomic E-state index is 12.2. The minimum Gasteiger partial charge on any atom is -0.469 e. The average Bonchev–Trinajstić information content (AvgIpc) is 2.68. The summed E-state index contributed by atoms with van der Waals surface area (Å²) in [5.74, 6) is -1.06. The van der Waals surface area contributed by atoms with Gasteiger partial charge < -0.3 is 15.2 Å². The molecule has 0 bridgehead atoms. The van der Waals surface area contributed by atoms with Crippen molar-refractivity contribution >= 4 is 11.9 Å². The molecular weight excluding hydrogens is 330 g/mol. The number of rotatable bonds is 8. The van der Waals surface area contributed by atoms with Crippen molar-refractivity contribution in [3.8, 4) is 0 Å². The Hall–Kier alpha value is -2.66. The van der Waals surface area contributed by atoms with Gasteiger partial charge in [0.1, 0.15) is 0 Å². The fraction of sp³-hybridized carbons (Fsp3) is 0.333. The first-order valence-electron chi connectivity index (χ1n) is 8.59. The SMILES string of the molecule is COC(=O)c1ccc(CC(N)C(CCc2ccccc2)C(=O)OC)cc1. The highest BCUT2D eigenvalue weighted by atomic mass is 16.5. The molecule has 0 aliphatic rings. The second-order valence-corrected chi connectivity index (χ2v) is 6.21. The van der Waals surface area contributed by atoms with Gasteiger partial charge in [-0.15, -0.1) is 0 Å². The van der Waals surface area contributed by atoms with Crippen LogP contribution in [-0.2, 0) is 27.1 Å². The molecule has 0 saturated carbocycles. The van der Waals surface area contributed by atoms with E-state index < -0.39 is 0 Å². The molecule has 0 heterocycles. The van der Waals surface area contributed by atoms with Crippen molar-refractivity contribution in [1.29, 1.82) is 0 Å². The summed E-state index contributed by atoms with van der Waals surface area (Å²) >= 11 is 0. The zero-order valence-electron chi connectivity index (χ0n) is 15.2. The number of methoxy groups -OCH3 is 2. The van der Waals surface area contributed by atoms with Crippen LogP contribution in [0.5, 0.6) is 0 Å². The van der Waals surface area contributed by atoms with Crippen molar-refractivity contribution in [2.45, 2.75) is 25.3 Å². The van der Waals surface area contributed by atoms with E-state index in [1.807, 2.05) is 42.5 Å². The van der Waals surface area contributed by atoms with E-state index in [9.17, 15) is 9.59 Å². The van der Waals surface area contributed by atoms with Crippen LogP contribution in [0.4, 0.5) is 0 Å². The zero-order chi connectivity index (χ0) is 18.9. The third kappa shape index (κ3) is 5.43. The van der Waals surface area contributed by atoms with Crippen LogP contribution in [0.15, 0.2) is 54.6 Å². The molecule has 0 aliphatic heterocycles. The summed E-state index contributed by atoms with van der Waals surface area (Å²) < 4.78 is 9.64. The lowest BCUT2D eigenvalue weighted by atomic mass is 9.89.